The Balaban J connectivity index is 1.77. The van der Waals surface area contributed by atoms with Crippen molar-refractivity contribution in [1.29, 1.82) is 0 Å². The minimum absolute atomic E-state index is 0.868. The van der Waals surface area contributed by atoms with E-state index in [1.165, 1.54) is 42.9 Å². The summed E-state index contributed by atoms with van der Waals surface area (Å²) in [5, 5.41) is 0. The van der Waals surface area contributed by atoms with E-state index in [4.69, 9.17) is 0 Å². The fourth-order valence-electron chi connectivity index (χ4n) is 6.60. The highest BCUT2D eigenvalue weighted by atomic mass is 14.8. The molecule has 14 heavy (non-hydrogen) atoms. The highest BCUT2D eigenvalue weighted by Crippen LogP contribution is 2.86. The van der Waals surface area contributed by atoms with Crippen molar-refractivity contribution >= 4 is 0 Å². The molecule has 0 aliphatic heterocycles. The molecule has 5 fully saturated rings. The van der Waals surface area contributed by atoms with Gasteiger partial charge in [0.1, 0.15) is 0 Å². The van der Waals surface area contributed by atoms with E-state index in [1.807, 2.05) is 0 Å². The van der Waals surface area contributed by atoms with Crippen LogP contribution in [0.1, 0.15) is 32.1 Å². The van der Waals surface area contributed by atoms with Gasteiger partial charge in [0.25, 0.3) is 0 Å². The zero-order chi connectivity index (χ0) is 8.91. The monoisotopic (exact) mass is 186 g/mol. The van der Waals surface area contributed by atoms with Gasteiger partial charge in [-0.15, -0.1) is 0 Å². The van der Waals surface area contributed by atoms with Crippen LogP contribution in [-0.4, -0.2) is 0 Å². The Morgan fingerprint density at radius 2 is 2.21 bits per heavy atom. The van der Waals surface area contributed by atoms with E-state index >= 15 is 0 Å². The maximum atomic E-state index is 2.62. The zero-order valence-electron chi connectivity index (χ0n) is 8.65. The lowest BCUT2D eigenvalue weighted by Gasteiger charge is -2.34. The van der Waals surface area contributed by atoms with E-state index in [-0.39, 0.29) is 0 Å². The molecular formula is C14H18. The van der Waals surface area contributed by atoms with Crippen molar-refractivity contribution < 1.29 is 0 Å². The van der Waals surface area contributed by atoms with E-state index in [1.54, 1.807) is 12.8 Å². The lowest BCUT2D eigenvalue weighted by molar-refractivity contribution is 0.149. The van der Waals surface area contributed by atoms with Gasteiger partial charge in [0.2, 0.25) is 0 Å². The summed E-state index contributed by atoms with van der Waals surface area (Å²) in [6.07, 6.45) is 12.9. The average Bonchev–Trinajstić information content (AvgIpc) is 2.53. The molecule has 0 aromatic rings. The largest absolute Gasteiger partial charge is 0.0879 e. The van der Waals surface area contributed by atoms with E-state index < -0.39 is 0 Å². The molecule has 5 saturated carbocycles. The summed E-state index contributed by atoms with van der Waals surface area (Å²) in [4.78, 5) is 0. The minimum Gasteiger partial charge on any atom is -0.0879 e. The van der Waals surface area contributed by atoms with Gasteiger partial charge in [-0.25, -0.2) is 0 Å². The summed E-state index contributed by atoms with van der Waals surface area (Å²) >= 11 is 0. The summed E-state index contributed by atoms with van der Waals surface area (Å²) in [6, 6.07) is 0. The van der Waals surface area contributed by atoms with Crippen LogP contribution in [0.2, 0.25) is 0 Å². The van der Waals surface area contributed by atoms with Crippen LogP contribution < -0.4 is 0 Å². The summed E-state index contributed by atoms with van der Waals surface area (Å²) in [6.45, 7) is 0. The lowest BCUT2D eigenvalue weighted by Crippen LogP contribution is -2.29. The fourth-order valence-corrected chi connectivity index (χ4v) is 6.60. The van der Waals surface area contributed by atoms with Crippen LogP contribution >= 0.6 is 0 Å². The molecule has 6 aliphatic rings. The van der Waals surface area contributed by atoms with Gasteiger partial charge in [0.15, 0.2) is 0 Å². The van der Waals surface area contributed by atoms with Crippen LogP contribution in [0.4, 0.5) is 0 Å². The van der Waals surface area contributed by atoms with Gasteiger partial charge in [-0.3, -0.25) is 0 Å². The molecule has 0 N–H and O–H groups in total. The topological polar surface area (TPSA) is 0 Å². The quantitative estimate of drug-likeness (QED) is 0.509. The van der Waals surface area contributed by atoms with Gasteiger partial charge in [0.05, 0.1) is 0 Å². The van der Waals surface area contributed by atoms with Gasteiger partial charge in [-0.2, -0.15) is 0 Å². The number of hydrogen-bond donors (Lipinski definition) is 0. The summed E-state index contributed by atoms with van der Waals surface area (Å²) in [5.74, 6) is 6.97. The molecule has 7 atom stereocenters. The van der Waals surface area contributed by atoms with E-state index in [0.717, 1.165) is 17.3 Å². The van der Waals surface area contributed by atoms with Crippen LogP contribution in [-0.2, 0) is 0 Å². The number of hydrogen-bond acceptors (Lipinski definition) is 0. The maximum Gasteiger partial charge on any atom is -0.0170 e. The van der Waals surface area contributed by atoms with E-state index in [0.29, 0.717) is 0 Å². The van der Waals surface area contributed by atoms with E-state index in [9.17, 15) is 0 Å². The van der Waals surface area contributed by atoms with E-state index in [2.05, 4.69) is 12.2 Å². The van der Waals surface area contributed by atoms with Crippen molar-refractivity contribution in [2.24, 2.45) is 40.9 Å². The highest BCUT2D eigenvalue weighted by Gasteiger charge is 2.80. The molecule has 6 rings (SSSR count). The summed E-state index contributed by atoms with van der Waals surface area (Å²) < 4.78 is 0. The third kappa shape index (κ3) is 0.487. The first-order valence-electron chi connectivity index (χ1n) is 6.59. The Kier molecular flexibility index (Phi) is 0.941. The molecule has 0 heteroatoms. The molecule has 74 valence electrons. The van der Waals surface area contributed by atoms with Crippen LogP contribution in [0.25, 0.3) is 0 Å². The Bertz CT molecular complexity index is 342. The van der Waals surface area contributed by atoms with Crippen molar-refractivity contribution in [1.82, 2.24) is 0 Å². The number of allylic oxidation sites excluding steroid dienone is 2. The van der Waals surface area contributed by atoms with Crippen LogP contribution in [0.5, 0.6) is 0 Å². The van der Waals surface area contributed by atoms with Gasteiger partial charge in [0, 0.05) is 0 Å². The molecule has 6 aliphatic carbocycles. The maximum absolute atomic E-state index is 2.62. The van der Waals surface area contributed by atoms with Crippen molar-refractivity contribution in [3.63, 3.8) is 0 Å². The first-order chi connectivity index (χ1) is 6.93. The first kappa shape index (κ1) is 7.09. The predicted molar refractivity (Wildman–Crippen MR) is 55.6 cm³/mol. The third-order valence-electron chi connectivity index (χ3n) is 6.67. The Morgan fingerprint density at radius 3 is 3.14 bits per heavy atom. The predicted octanol–water partition coefficient (Wildman–Crippen LogP) is 3.24. The standard InChI is InChI=1S/C14H18/c1-3-8-4-2-6-14(8)11-7-10-12(13(10)14)9(11)5-1/h1,3,8-13H,2,4-7H2/t8-,9-,10+,11-,12?,13?,14+/m0/s1. The molecule has 0 heterocycles. The lowest BCUT2D eigenvalue weighted by atomic mass is 9.70. The van der Waals surface area contributed by atoms with Gasteiger partial charge in [-0.1, -0.05) is 18.6 Å². The molecule has 2 unspecified atom stereocenters. The molecule has 0 saturated heterocycles. The van der Waals surface area contributed by atoms with Gasteiger partial charge in [-0.05, 0) is 66.6 Å². The minimum atomic E-state index is 0.868. The summed E-state index contributed by atoms with van der Waals surface area (Å²) in [7, 11) is 0. The fraction of sp³-hybridized carbons (Fsp3) is 0.857. The van der Waals surface area contributed by atoms with Crippen molar-refractivity contribution in [3.05, 3.63) is 12.2 Å². The second kappa shape index (κ2) is 1.86. The Hall–Kier alpha value is -0.260. The molecule has 0 nitrogen and oxygen atoms in total. The summed E-state index contributed by atoms with van der Waals surface area (Å²) in [5.41, 5.74) is 0.868. The normalized spacial score (nSPS) is 70.9. The van der Waals surface area contributed by atoms with Crippen molar-refractivity contribution in [2.45, 2.75) is 32.1 Å². The second-order valence-electron chi connectivity index (χ2n) is 6.55. The van der Waals surface area contributed by atoms with Gasteiger partial charge >= 0.3 is 0 Å². The highest BCUT2D eigenvalue weighted by molar-refractivity contribution is 5.31. The molecule has 0 aromatic carbocycles. The first-order valence-corrected chi connectivity index (χ1v) is 6.59. The third-order valence-corrected chi connectivity index (χ3v) is 6.67. The van der Waals surface area contributed by atoms with Crippen molar-refractivity contribution in [2.75, 3.05) is 0 Å². The smallest absolute Gasteiger partial charge is 0.0170 e. The molecule has 0 amide bonds. The average molecular weight is 186 g/mol. The van der Waals surface area contributed by atoms with Crippen LogP contribution in [0, 0.1) is 40.9 Å². The van der Waals surface area contributed by atoms with Gasteiger partial charge < -0.3 is 0 Å². The molecule has 1 spiro atoms. The SMILES string of the molecule is C1=C[C@H]2CCC[C@@]23C2C4[C@H]2C[C@H]3[C@@H]4C1. The molecule has 6 bridgehead atoms. The second-order valence-corrected chi connectivity index (χ2v) is 6.55. The van der Waals surface area contributed by atoms with Crippen molar-refractivity contribution in [3.8, 4) is 0 Å². The van der Waals surface area contributed by atoms with Crippen LogP contribution in [0.3, 0.4) is 0 Å². The molecule has 0 aromatic heterocycles. The Morgan fingerprint density at radius 1 is 1.21 bits per heavy atom. The molecule has 0 radical (unpaired) electrons. The molecular weight excluding hydrogens is 168 g/mol. The number of rotatable bonds is 0. The Labute approximate surface area is 85.8 Å². The zero-order valence-corrected chi connectivity index (χ0v) is 8.65. The van der Waals surface area contributed by atoms with Crippen LogP contribution in [0.15, 0.2) is 12.2 Å².